The molecule has 1 aromatic heterocycles. The standard InChI is InChI=1S/C14H9N3O4/c1-8-6-7-15-12(11(8)17(20)21)16-13(18)9-4-2-3-5-10(9)14(16)19/h2-7H,1H3. The maximum atomic E-state index is 12.3. The molecule has 0 unspecified atom stereocenters. The predicted molar refractivity (Wildman–Crippen MR) is 73.2 cm³/mol. The Labute approximate surface area is 119 Å². The fourth-order valence-electron chi connectivity index (χ4n) is 2.31. The van der Waals surface area contributed by atoms with E-state index in [0.29, 0.717) is 5.56 Å². The second-order valence-corrected chi connectivity index (χ2v) is 4.55. The number of nitro groups is 1. The zero-order valence-corrected chi connectivity index (χ0v) is 10.9. The van der Waals surface area contributed by atoms with Crippen LogP contribution in [0.25, 0.3) is 0 Å². The van der Waals surface area contributed by atoms with E-state index >= 15 is 0 Å². The first kappa shape index (κ1) is 12.9. The molecule has 21 heavy (non-hydrogen) atoms. The van der Waals surface area contributed by atoms with Crippen LogP contribution in [0.1, 0.15) is 26.3 Å². The summed E-state index contributed by atoms with van der Waals surface area (Å²) in [7, 11) is 0. The van der Waals surface area contributed by atoms with Crippen molar-refractivity contribution < 1.29 is 14.5 Å². The number of benzene rings is 1. The van der Waals surface area contributed by atoms with E-state index in [2.05, 4.69) is 4.98 Å². The molecule has 7 heteroatoms. The molecule has 7 nitrogen and oxygen atoms in total. The van der Waals surface area contributed by atoms with Crippen LogP contribution >= 0.6 is 0 Å². The maximum Gasteiger partial charge on any atom is 0.315 e. The Hall–Kier alpha value is -3.09. The van der Waals surface area contributed by atoms with Gasteiger partial charge in [-0.3, -0.25) is 19.7 Å². The van der Waals surface area contributed by atoms with Gasteiger partial charge in [0, 0.05) is 11.8 Å². The van der Waals surface area contributed by atoms with Crippen LogP contribution in [0.15, 0.2) is 36.5 Å². The highest BCUT2D eigenvalue weighted by Gasteiger charge is 2.40. The number of fused-ring (bicyclic) bond motifs is 1. The first-order valence-corrected chi connectivity index (χ1v) is 6.10. The lowest BCUT2D eigenvalue weighted by Gasteiger charge is -2.13. The van der Waals surface area contributed by atoms with Crippen LogP contribution in [0, 0.1) is 17.0 Å². The third-order valence-electron chi connectivity index (χ3n) is 3.30. The molecule has 0 radical (unpaired) electrons. The summed E-state index contributed by atoms with van der Waals surface area (Å²) in [5.74, 6) is -1.44. The number of aromatic nitrogens is 1. The van der Waals surface area contributed by atoms with E-state index in [1.165, 1.54) is 31.3 Å². The molecule has 2 heterocycles. The van der Waals surface area contributed by atoms with Crippen molar-refractivity contribution in [2.45, 2.75) is 6.92 Å². The number of imide groups is 1. The molecule has 0 N–H and O–H groups in total. The molecule has 0 atom stereocenters. The number of carbonyl (C=O) groups excluding carboxylic acids is 2. The summed E-state index contributed by atoms with van der Waals surface area (Å²) in [6.45, 7) is 1.53. The van der Waals surface area contributed by atoms with Gasteiger partial charge in [-0.1, -0.05) is 12.1 Å². The van der Waals surface area contributed by atoms with E-state index in [4.69, 9.17) is 0 Å². The van der Waals surface area contributed by atoms with E-state index in [1.54, 1.807) is 12.1 Å². The van der Waals surface area contributed by atoms with Gasteiger partial charge in [0.25, 0.3) is 11.8 Å². The Morgan fingerprint density at radius 1 is 1.10 bits per heavy atom. The second kappa shape index (κ2) is 4.48. The number of carbonyl (C=O) groups is 2. The van der Waals surface area contributed by atoms with Crippen molar-refractivity contribution in [2.75, 3.05) is 4.90 Å². The van der Waals surface area contributed by atoms with Gasteiger partial charge in [-0.2, -0.15) is 0 Å². The van der Waals surface area contributed by atoms with Gasteiger partial charge >= 0.3 is 5.69 Å². The Morgan fingerprint density at radius 3 is 2.19 bits per heavy atom. The smallest absolute Gasteiger partial charge is 0.268 e. The van der Waals surface area contributed by atoms with E-state index in [9.17, 15) is 19.7 Å². The van der Waals surface area contributed by atoms with Crippen molar-refractivity contribution in [1.29, 1.82) is 0 Å². The summed E-state index contributed by atoms with van der Waals surface area (Å²) in [4.78, 5) is 39.9. The molecule has 1 aromatic carbocycles. The Bertz CT molecular complexity index is 766. The average molecular weight is 283 g/mol. The molecule has 1 aliphatic rings. The lowest BCUT2D eigenvalue weighted by atomic mass is 10.1. The molecule has 0 aliphatic carbocycles. The monoisotopic (exact) mass is 283 g/mol. The van der Waals surface area contributed by atoms with Gasteiger partial charge in [0.2, 0.25) is 5.82 Å². The molecule has 0 saturated carbocycles. The second-order valence-electron chi connectivity index (χ2n) is 4.55. The third kappa shape index (κ3) is 1.78. The lowest BCUT2D eigenvalue weighted by Crippen LogP contribution is -2.31. The number of hydrogen-bond donors (Lipinski definition) is 0. The zero-order chi connectivity index (χ0) is 15.1. The van der Waals surface area contributed by atoms with Crippen molar-refractivity contribution in [3.05, 3.63) is 63.3 Å². The van der Waals surface area contributed by atoms with Crippen LogP contribution in [-0.4, -0.2) is 21.7 Å². The van der Waals surface area contributed by atoms with Crippen LogP contribution in [0.2, 0.25) is 0 Å². The van der Waals surface area contributed by atoms with Crippen LogP contribution in [0.3, 0.4) is 0 Å². The summed E-state index contributed by atoms with van der Waals surface area (Å²) in [5, 5.41) is 11.2. The summed E-state index contributed by atoms with van der Waals surface area (Å²) < 4.78 is 0. The van der Waals surface area contributed by atoms with Gasteiger partial charge in [-0.25, -0.2) is 9.88 Å². The molecule has 104 valence electrons. The van der Waals surface area contributed by atoms with E-state index in [-0.39, 0.29) is 22.6 Å². The van der Waals surface area contributed by atoms with Gasteiger partial charge < -0.3 is 0 Å². The maximum absolute atomic E-state index is 12.3. The number of rotatable bonds is 2. The summed E-state index contributed by atoms with van der Waals surface area (Å²) in [6.07, 6.45) is 1.33. The quantitative estimate of drug-likeness (QED) is 0.478. The van der Waals surface area contributed by atoms with Crippen molar-refractivity contribution in [2.24, 2.45) is 0 Å². The number of aryl methyl sites for hydroxylation is 1. The largest absolute Gasteiger partial charge is 0.315 e. The summed E-state index contributed by atoms with van der Waals surface area (Å²) in [5.41, 5.74) is 0.439. The fraction of sp³-hybridized carbons (Fsp3) is 0.0714. The first-order valence-electron chi connectivity index (χ1n) is 6.10. The van der Waals surface area contributed by atoms with Gasteiger partial charge in [-0.15, -0.1) is 0 Å². The minimum Gasteiger partial charge on any atom is -0.268 e. The number of hydrogen-bond acceptors (Lipinski definition) is 5. The predicted octanol–water partition coefficient (Wildman–Crippen LogP) is 2.10. The van der Waals surface area contributed by atoms with Crippen molar-refractivity contribution >= 4 is 23.3 Å². The van der Waals surface area contributed by atoms with Crippen molar-refractivity contribution in [3.8, 4) is 0 Å². The van der Waals surface area contributed by atoms with E-state index < -0.39 is 16.7 Å². The molecule has 0 spiro atoms. The van der Waals surface area contributed by atoms with Crippen LogP contribution in [-0.2, 0) is 0 Å². The highest BCUT2D eigenvalue weighted by Crippen LogP contribution is 2.34. The van der Waals surface area contributed by atoms with Crippen LogP contribution < -0.4 is 4.90 Å². The topological polar surface area (TPSA) is 93.4 Å². The Kier molecular flexibility index (Phi) is 2.76. The van der Waals surface area contributed by atoms with E-state index in [0.717, 1.165) is 4.90 Å². The normalized spacial score (nSPS) is 13.5. The molecule has 0 bridgehead atoms. The van der Waals surface area contributed by atoms with Gasteiger partial charge in [0.15, 0.2) is 0 Å². The van der Waals surface area contributed by atoms with Gasteiger partial charge in [-0.05, 0) is 25.1 Å². The van der Waals surface area contributed by atoms with Gasteiger partial charge in [0.1, 0.15) is 0 Å². The molecule has 3 rings (SSSR count). The zero-order valence-electron chi connectivity index (χ0n) is 10.9. The number of pyridine rings is 1. The van der Waals surface area contributed by atoms with Crippen LogP contribution in [0.5, 0.6) is 0 Å². The summed E-state index contributed by atoms with van der Waals surface area (Å²) >= 11 is 0. The Morgan fingerprint density at radius 2 is 1.67 bits per heavy atom. The highest BCUT2D eigenvalue weighted by molar-refractivity contribution is 6.34. The molecular formula is C14H9N3O4. The number of anilines is 1. The Balaban J connectivity index is 2.21. The molecule has 0 saturated heterocycles. The molecule has 0 fully saturated rings. The molecule has 2 amide bonds. The van der Waals surface area contributed by atoms with Crippen LogP contribution in [0.4, 0.5) is 11.5 Å². The lowest BCUT2D eigenvalue weighted by molar-refractivity contribution is -0.384. The third-order valence-corrected chi connectivity index (χ3v) is 3.30. The average Bonchev–Trinajstić information content (AvgIpc) is 2.71. The SMILES string of the molecule is Cc1ccnc(N2C(=O)c3ccccc3C2=O)c1[N+](=O)[O-]. The van der Waals surface area contributed by atoms with E-state index in [1.807, 2.05) is 0 Å². The highest BCUT2D eigenvalue weighted by atomic mass is 16.6. The molecular weight excluding hydrogens is 274 g/mol. The van der Waals surface area contributed by atoms with Gasteiger partial charge in [0.05, 0.1) is 16.1 Å². The minimum atomic E-state index is -0.638. The molecule has 2 aromatic rings. The minimum absolute atomic E-state index is 0.222. The first-order chi connectivity index (χ1) is 10.0. The summed E-state index contributed by atoms with van der Waals surface area (Å²) in [6, 6.07) is 7.74. The number of nitrogens with zero attached hydrogens (tertiary/aromatic N) is 3. The fourth-order valence-corrected chi connectivity index (χ4v) is 2.31. The molecule has 1 aliphatic heterocycles. The number of amides is 2. The van der Waals surface area contributed by atoms with Crippen molar-refractivity contribution in [1.82, 2.24) is 4.98 Å². The van der Waals surface area contributed by atoms with Crippen molar-refractivity contribution in [3.63, 3.8) is 0 Å².